The summed E-state index contributed by atoms with van der Waals surface area (Å²) in [7, 11) is 0. The zero-order chi connectivity index (χ0) is 20.9. The Kier molecular flexibility index (Phi) is 10.5. The quantitative estimate of drug-likeness (QED) is 0.284. The van der Waals surface area contributed by atoms with Crippen molar-refractivity contribution in [3.8, 4) is 0 Å². The van der Waals surface area contributed by atoms with Crippen molar-refractivity contribution in [3.63, 3.8) is 0 Å². The molecule has 3 amide bonds. The molecule has 0 spiro atoms. The number of Topliss-reactive ketones (excluding diaryl/α,β-unsaturated/α-hetero) is 1. The van der Waals surface area contributed by atoms with E-state index in [9.17, 15) is 19.2 Å². The van der Waals surface area contributed by atoms with E-state index >= 15 is 0 Å². The van der Waals surface area contributed by atoms with Gasteiger partial charge >= 0.3 is 0 Å². The minimum Gasteiger partial charge on any atom is -0.370 e. The number of nitrogens with one attached hydrogen (secondary N) is 2. The van der Waals surface area contributed by atoms with Crippen LogP contribution in [-0.2, 0) is 25.7 Å². The molecule has 0 aliphatic carbocycles. The summed E-state index contributed by atoms with van der Waals surface area (Å²) in [5.74, 6) is -2.81. The molecule has 2 atom stereocenters. The number of amides is 3. The number of nitrogens with two attached hydrogens (primary N) is 2. The number of ketones is 1. The lowest BCUT2D eigenvalue weighted by Crippen LogP contribution is -2.48. The Morgan fingerprint density at radius 1 is 1.04 bits per heavy atom. The number of carbonyl (C=O) groups excluding carboxylic acids is 4. The molecule has 0 unspecified atom stereocenters. The molecule has 0 aliphatic rings. The highest BCUT2D eigenvalue weighted by atomic mass is 16.2. The molecule has 1 aromatic carbocycles. The van der Waals surface area contributed by atoms with Crippen LogP contribution >= 0.6 is 0 Å². The van der Waals surface area contributed by atoms with Gasteiger partial charge in [0, 0.05) is 18.9 Å². The molecule has 0 saturated carbocycles. The molecule has 1 rings (SSSR count). The lowest BCUT2D eigenvalue weighted by molar-refractivity contribution is -0.140. The molecule has 1 aromatic rings. The van der Waals surface area contributed by atoms with Crippen molar-refractivity contribution in [2.75, 3.05) is 6.54 Å². The smallest absolute Gasteiger partial charge is 0.289 e. The minimum absolute atomic E-state index is 0.0813. The topological polar surface area (TPSA) is 144 Å². The van der Waals surface area contributed by atoms with Crippen LogP contribution in [0.4, 0.5) is 0 Å². The summed E-state index contributed by atoms with van der Waals surface area (Å²) in [4.78, 5) is 48.0. The molecule has 6 N–H and O–H groups in total. The second-order valence-electron chi connectivity index (χ2n) is 6.78. The van der Waals surface area contributed by atoms with Crippen molar-refractivity contribution in [3.05, 3.63) is 35.9 Å². The van der Waals surface area contributed by atoms with Gasteiger partial charge in [-0.15, -0.1) is 0 Å². The molecule has 0 aliphatic heterocycles. The van der Waals surface area contributed by atoms with Crippen LogP contribution in [0.25, 0.3) is 0 Å². The molecular formula is C20H30N4O4. The maximum atomic E-state index is 12.6. The highest BCUT2D eigenvalue weighted by Gasteiger charge is 2.28. The fraction of sp³-hybridized carbons (Fsp3) is 0.500. The van der Waals surface area contributed by atoms with Crippen molar-refractivity contribution in [2.45, 2.75) is 51.6 Å². The van der Waals surface area contributed by atoms with E-state index in [2.05, 4.69) is 10.6 Å². The largest absolute Gasteiger partial charge is 0.370 e. The number of carbonyl (C=O) groups is 4. The van der Waals surface area contributed by atoms with Gasteiger partial charge in [0.05, 0.1) is 6.04 Å². The summed E-state index contributed by atoms with van der Waals surface area (Å²) in [6, 6.07) is 8.29. The van der Waals surface area contributed by atoms with Crippen LogP contribution in [0.5, 0.6) is 0 Å². The maximum absolute atomic E-state index is 12.6. The first-order valence-corrected chi connectivity index (χ1v) is 9.49. The van der Waals surface area contributed by atoms with E-state index in [-0.39, 0.29) is 25.3 Å². The van der Waals surface area contributed by atoms with Crippen LogP contribution in [0.15, 0.2) is 30.3 Å². The molecule has 0 aromatic heterocycles. The number of benzene rings is 1. The number of rotatable bonds is 13. The average Bonchev–Trinajstić information content (AvgIpc) is 2.69. The van der Waals surface area contributed by atoms with Gasteiger partial charge < -0.3 is 22.1 Å². The van der Waals surface area contributed by atoms with Gasteiger partial charge in [0.15, 0.2) is 0 Å². The van der Waals surface area contributed by atoms with Crippen molar-refractivity contribution in [1.82, 2.24) is 10.6 Å². The summed E-state index contributed by atoms with van der Waals surface area (Å²) in [6.07, 6.45) is 1.98. The molecular weight excluding hydrogens is 360 g/mol. The summed E-state index contributed by atoms with van der Waals surface area (Å²) < 4.78 is 0. The molecule has 0 saturated heterocycles. The summed E-state index contributed by atoms with van der Waals surface area (Å²) in [6.45, 7) is 2.34. The van der Waals surface area contributed by atoms with Crippen molar-refractivity contribution in [2.24, 2.45) is 17.4 Å². The molecule has 8 nitrogen and oxygen atoms in total. The van der Waals surface area contributed by atoms with Gasteiger partial charge in [0.25, 0.3) is 5.91 Å². The Morgan fingerprint density at radius 2 is 1.71 bits per heavy atom. The van der Waals surface area contributed by atoms with E-state index in [0.717, 1.165) is 5.56 Å². The molecule has 154 valence electrons. The summed E-state index contributed by atoms with van der Waals surface area (Å²) in [5.41, 5.74) is 11.5. The third-order valence-corrected chi connectivity index (χ3v) is 4.37. The zero-order valence-electron chi connectivity index (χ0n) is 16.3. The number of hydrogen-bond donors (Lipinski definition) is 4. The summed E-state index contributed by atoms with van der Waals surface area (Å²) >= 11 is 0. The normalized spacial score (nSPS) is 12.6. The number of unbranched alkanes of at least 4 members (excludes halogenated alkanes) is 1. The first kappa shape index (κ1) is 23.3. The molecule has 0 bridgehead atoms. The van der Waals surface area contributed by atoms with Gasteiger partial charge in [-0.3, -0.25) is 19.2 Å². The predicted molar refractivity (Wildman–Crippen MR) is 106 cm³/mol. The molecule has 28 heavy (non-hydrogen) atoms. The van der Waals surface area contributed by atoms with Crippen LogP contribution in [0, 0.1) is 5.92 Å². The predicted octanol–water partition coefficient (Wildman–Crippen LogP) is 0.387. The maximum Gasteiger partial charge on any atom is 0.289 e. The van der Waals surface area contributed by atoms with E-state index < -0.39 is 29.6 Å². The first-order valence-electron chi connectivity index (χ1n) is 9.49. The Hall–Kier alpha value is -2.74. The SMILES string of the molecule is C[C@@H](CCC(N)=O)C(=O)N[C@@H](CCCCN)C(=O)C(=O)NCc1ccccc1. The van der Waals surface area contributed by atoms with Crippen molar-refractivity contribution < 1.29 is 19.2 Å². The fourth-order valence-electron chi connectivity index (χ4n) is 2.59. The van der Waals surface area contributed by atoms with Gasteiger partial charge in [-0.2, -0.15) is 0 Å². The first-order chi connectivity index (χ1) is 13.3. The van der Waals surface area contributed by atoms with E-state index in [1.165, 1.54) is 0 Å². The van der Waals surface area contributed by atoms with E-state index in [1.54, 1.807) is 6.92 Å². The van der Waals surface area contributed by atoms with Crippen LogP contribution in [-0.4, -0.2) is 36.1 Å². The Balaban J connectivity index is 2.66. The second-order valence-corrected chi connectivity index (χ2v) is 6.78. The molecule has 0 radical (unpaired) electrons. The minimum atomic E-state index is -0.925. The second kappa shape index (κ2) is 12.6. The van der Waals surface area contributed by atoms with Gasteiger partial charge in [-0.25, -0.2) is 0 Å². The average molecular weight is 390 g/mol. The number of hydrogen-bond acceptors (Lipinski definition) is 5. The highest BCUT2D eigenvalue weighted by molar-refractivity contribution is 6.38. The van der Waals surface area contributed by atoms with Crippen LogP contribution in [0.3, 0.4) is 0 Å². The van der Waals surface area contributed by atoms with Crippen molar-refractivity contribution >= 4 is 23.5 Å². The number of primary amides is 1. The van der Waals surface area contributed by atoms with Gasteiger partial charge in [0.2, 0.25) is 17.6 Å². The molecule has 0 heterocycles. The monoisotopic (exact) mass is 390 g/mol. The summed E-state index contributed by atoms with van der Waals surface area (Å²) in [5, 5.41) is 5.22. The fourth-order valence-corrected chi connectivity index (χ4v) is 2.59. The van der Waals surface area contributed by atoms with Gasteiger partial charge in [0.1, 0.15) is 0 Å². The van der Waals surface area contributed by atoms with E-state index in [0.29, 0.717) is 25.8 Å². The standard InChI is InChI=1S/C20H30N4O4/c1-14(10-11-17(22)25)19(27)24-16(9-5-6-12-21)18(26)20(28)23-13-15-7-3-2-4-8-15/h2-4,7-8,14,16H,5-6,9-13,21H2,1H3,(H2,22,25)(H,23,28)(H,24,27)/t14-,16-/m0/s1. The van der Waals surface area contributed by atoms with Gasteiger partial charge in [-0.1, -0.05) is 37.3 Å². The molecule has 0 fully saturated rings. The van der Waals surface area contributed by atoms with Crippen molar-refractivity contribution in [1.29, 1.82) is 0 Å². The Labute approximate surface area is 165 Å². The van der Waals surface area contributed by atoms with Crippen LogP contribution in [0.2, 0.25) is 0 Å². The Bertz CT molecular complexity index is 663. The van der Waals surface area contributed by atoms with E-state index in [4.69, 9.17) is 11.5 Å². The zero-order valence-corrected chi connectivity index (χ0v) is 16.3. The lowest BCUT2D eigenvalue weighted by atomic mass is 10.0. The van der Waals surface area contributed by atoms with Crippen LogP contribution < -0.4 is 22.1 Å². The third-order valence-electron chi connectivity index (χ3n) is 4.37. The van der Waals surface area contributed by atoms with E-state index in [1.807, 2.05) is 30.3 Å². The highest BCUT2D eigenvalue weighted by Crippen LogP contribution is 2.09. The lowest BCUT2D eigenvalue weighted by Gasteiger charge is -2.20. The molecule has 8 heteroatoms. The Morgan fingerprint density at radius 3 is 2.32 bits per heavy atom. The third kappa shape index (κ3) is 8.77. The van der Waals surface area contributed by atoms with Crippen LogP contribution in [0.1, 0.15) is 44.6 Å². The van der Waals surface area contributed by atoms with Gasteiger partial charge in [-0.05, 0) is 37.8 Å².